The van der Waals surface area contributed by atoms with Crippen molar-refractivity contribution in [1.82, 2.24) is 14.9 Å². The van der Waals surface area contributed by atoms with E-state index in [0.717, 1.165) is 45.1 Å². The van der Waals surface area contributed by atoms with Gasteiger partial charge in [-0.15, -0.1) is 0 Å². The van der Waals surface area contributed by atoms with Gasteiger partial charge in [0, 0.05) is 37.2 Å². The number of rotatable bonds is 6. The number of likely N-dealkylation sites (tertiary alicyclic amines) is 1. The van der Waals surface area contributed by atoms with E-state index in [-0.39, 0.29) is 35.1 Å². The molecule has 2 saturated heterocycles. The highest BCUT2D eigenvalue weighted by Crippen LogP contribution is 2.48. The maximum Gasteiger partial charge on any atom is 0.219 e. The number of ketones is 1. The topological polar surface area (TPSA) is 126 Å². The number of ether oxygens (including phenoxy) is 1. The number of hydrogen-bond acceptors (Lipinski definition) is 9. The van der Waals surface area contributed by atoms with Crippen LogP contribution in [0.1, 0.15) is 77.0 Å². The second-order valence-corrected chi connectivity index (χ2v) is 11.2. The summed E-state index contributed by atoms with van der Waals surface area (Å²) in [5.41, 5.74) is -0.321. The second-order valence-electron chi connectivity index (χ2n) is 11.2. The zero-order chi connectivity index (χ0) is 26.2. The van der Waals surface area contributed by atoms with Gasteiger partial charge in [0.25, 0.3) is 0 Å². The SMILES string of the molecule is C[C@H](Oc1cc(N2CCC(C#N)C2)nc(C(=N)C2=C(O)[C@]3(CCCCC3=O)CCC2)n1)[C@@H]1CCCN1C. The lowest BCUT2D eigenvalue weighted by Gasteiger charge is -2.39. The van der Waals surface area contributed by atoms with Gasteiger partial charge >= 0.3 is 0 Å². The molecule has 2 aliphatic heterocycles. The minimum absolute atomic E-state index is 0.0524. The molecule has 1 spiro atoms. The van der Waals surface area contributed by atoms with Crippen molar-refractivity contribution in [3.63, 3.8) is 0 Å². The predicted molar refractivity (Wildman–Crippen MR) is 140 cm³/mol. The van der Waals surface area contributed by atoms with Crippen molar-refractivity contribution < 1.29 is 14.6 Å². The van der Waals surface area contributed by atoms with Crippen LogP contribution in [0.4, 0.5) is 5.82 Å². The van der Waals surface area contributed by atoms with Crippen molar-refractivity contribution in [3.8, 4) is 11.9 Å². The second kappa shape index (κ2) is 10.4. The van der Waals surface area contributed by atoms with Crippen molar-refractivity contribution in [2.75, 3.05) is 31.6 Å². The van der Waals surface area contributed by atoms with Crippen LogP contribution in [0.2, 0.25) is 0 Å². The van der Waals surface area contributed by atoms with Crippen LogP contribution in [-0.2, 0) is 4.79 Å². The third kappa shape index (κ3) is 4.84. The molecule has 1 aromatic heterocycles. The molecule has 2 aliphatic carbocycles. The van der Waals surface area contributed by atoms with Crippen LogP contribution >= 0.6 is 0 Å². The molecule has 0 radical (unpaired) electrons. The molecule has 198 valence electrons. The largest absolute Gasteiger partial charge is 0.511 e. The number of aliphatic hydroxyl groups excluding tert-OH is 1. The van der Waals surface area contributed by atoms with Gasteiger partial charge in [-0.05, 0) is 71.9 Å². The molecule has 4 atom stereocenters. The first kappa shape index (κ1) is 25.7. The van der Waals surface area contributed by atoms with Crippen molar-refractivity contribution in [1.29, 1.82) is 10.7 Å². The summed E-state index contributed by atoms with van der Waals surface area (Å²) in [6, 6.07) is 4.45. The fraction of sp³-hybridized carbons (Fsp3) is 0.679. The van der Waals surface area contributed by atoms with E-state index in [1.54, 1.807) is 0 Å². The molecular weight excluding hydrogens is 468 g/mol. The molecule has 2 N–H and O–H groups in total. The Bertz CT molecular complexity index is 1140. The lowest BCUT2D eigenvalue weighted by molar-refractivity contribution is -0.131. The number of likely N-dealkylation sites (N-methyl/N-ethyl adjacent to an activating group) is 1. The van der Waals surface area contributed by atoms with Crippen LogP contribution in [-0.4, -0.2) is 70.3 Å². The van der Waals surface area contributed by atoms with E-state index in [1.807, 2.05) is 11.0 Å². The molecule has 1 aromatic rings. The van der Waals surface area contributed by atoms with Crippen molar-refractivity contribution in [3.05, 3.63) is 23.2 Å². The molecule has 3 heterocycles. The van der Waals surface area contributed by atoms with Gasteiger partial charge in [0.15, 0.2) is 5.82 Å². The van der Waals surface area contributed by atoms with E-state index < -0.39 is 5.41 Å². The Morgan fingerprint density at radius 3 is 2.73 bits per heavy atom. The van der Waals surface area contributed by atoms with Crippen LogP contribution in [0.15, 0.2) is 17.4 Å². The number of Topliss-reactive ketones (excluding diaryl/α,β-unsaturated/α-hetero) is 1. The summed E-state index contributed by atoms with van der Waals surface area (Å²) in [4.78, 5) is 26.7. The maximum atomic E-state index is 12.9. The average molecular weight is 507 g/mol. The first-order chi connectivity index (χ1) is 17.8. The molecule has 1 unspecified atom stereocenters. The minimum atomic E-state index is -0.856. The van der Waals surface area contributed by atoms with E-state index in [4.69, 9.17) is 15.1 Å². The fourth-order valence-electron chi connectivity index (χ4n) is 6.70. The quantitative estimate of drug-likeness (QED) is 0.550. The molecule has 9 heteroatoms. The van der Waals surface area contributed by atoms with Crippen LogP contribution in [0.5, 0.6) is 5.88 Å². The standard InChI is InChI=1S/C28H38N6O3/c1-18(21-8-6-13-33(21)2)37-24-15-23(34-14-10-19(16-29)17-34)31-27(32-24)25(30)20-7-5-12-28(26(20)36)11-4-3-9-22(28)35/h15,18-19,21,30,36H,3-14,17H2,1-2H3/t18-,19?,21-,28+/m0/s1. The zero-order valence-electron chi connectivity index (χ0n) is 22.0. The summed E-state index contributed by atoms with van der Waals surface area (Å²) < 4.78 is 6.34. The van der Waals surface area contributed by atoms with Crippen LogP contribution < -0.4 is 9.64 Å². The summed E-state index contributed by atoms with van der Waals surface area (Å²) in [6.07, 6.45) is 7.67. The number of anilines is 1. The molecule has 0 bridgehead atoms. The Balaban J connectivity index is 1.49. The molecular formula is C28H38N6O3. The fourth-order valence-corrected chi connectivity index (χ4v) is 6.70. The average Bonchev–Trinajstić information content (AvgIpc) is 3.56. The number of allylic oxidation sites excluding steroid dienone is 2. The lowest BCUT2D eigenvalue weighted by atomic mass is 9.64. The van der Waals surface area contributed by atoms with Gasteiger partial charge in [-0.25, -0.2) is 4.98 Å². The van der Waals surface area contributed by atoms with Crippen molar-refractivity contribution >= 4 is 17.3 Å². The summed E-state index contributed by atoms with van der Waals surface area (Å²) in [5.74, 6) is 1.31. The molecule has 37 heavy (non-hydrogen) atoms. The monoisotopic (exact) mass is 506 g/mol. The summed E-state index contributed by atoms with van der Waals surface area (Å²) >= 11 is 0. The number of hydrogen-bond donors (Lipinski definition) is 2. The van der Waals surface area contributed by atoms with Gasteiger partial charge in [0.2, 0.25) is 5.88 Å². The number of carbonyl (C=O) groups is 1. The van der Waals surface area contributed by atoms with E-state index in [1.165, 1.54) is 0 Å². The minimum Gasteiger partial charge on any atom is -0.511 e. The first-order valence-electron chi connectivity index (χ1n) is 13.8. The first-order valence-corrected chi connectivity index (χ1v) is 13.8. The van der Waals surface area contributed by atoms with E-state index in [2.05, 4.69) is 29.9 Å². The highest BCUT2D eigenvalue weighted by Gasteiger charge is 2.47. The van der Waals surface area contributed by atoms with Gasteiger partial charge in [0.1, 0.15) is 29.2 Å². The van der Waals surface area contributed by atoms with Crippen molar-refractivity contribution in [2.24, 2.45) is 11.3 Å². The molecule has 4 aliphatic rings. The van der Waals surface area contributed by atoms with E-state index in [9.17, 15) is 15.2 Å². The molecule has 5 rings (SSSR count). The third-order valence-electron chi connectivity index (χ3n) is 8.90. The number of aliphatic hydroxyl groups is 1. The van der Waals surface area contributed by atoms with Crippen LogP contribution in [0.25, 0.3) is 0 Å². The summed E-state index contributed by atoms with van der Waals surface area (Å²) in [6.45, 7) is 4.37. The number of aromatic nitrogens is 2. The zero-order valence-corrected chi connectivity index (χ0v) is 22.0. The van der Waals surface area contributed by atoms with Crippen molar-refractivity contribution in [2.45, 2.75) is 83.3 Å². The van der Waals surface area contributed by atoms with Gasteiger partial charge in [-0.3, -0.25) is 15.1 Å². The summed E-state index contributed by atoms with van der Waals surface area (Å²) in [5, 5.41) is 29.8. The van der Waals surface area contributed by atoms with Gasteiger partial charge in [-0.1, -0.05) is 6.42 Å². The van der Waals surface area contributed by atoms with Gasteiger partial charge < -0.3 is 14.7 Å². The van der Waals surface area contributed by atoms with E-state index in [0.29, 0.717) is 62.1 Å². The Morgan fingerprint density at radius 1 is 1.22 bits per heavy atom. The molecule has 0 aromatic carbocycles. The van der Waals surface area contributed by atoms with Crippen LogP contribution in [0, 0.1) is 28.1 Å². The maximum absolute atomic E-state index is 12.9. The highest BCUT2D eigenvalue weighted by atomic mass is 16.5. The Labute approximate surface area is 219 Å². The van der Waals surface area contributed by atoms with E-state index >= 15 is 0 Å². The summed E-state index contributed by atoms with van der Waals surface area (Å²) in [7, 11) is 2.11. The molecule has 1 saturated carbocycles. The Hall–Kier alpha value is -2.99. The number of nitriles is 1. The molecule has 3 fully saturated rings. The van der Waals surface area contributed by atoms with Crippen LogP contribution in [0.3, 0.4) is 0 Å². The third-order valence-corrected chi connectivity index (χ3v) is 8.90. The highest BCUT2D eigenvalue weighted by molar-refractivity contribution is 6.09. The normalized spacial score (nSPS) is 29.5. The Morgan fingerprint density at radius 2 is 2.03 bits per heavy atom. The number of nitrogens with zero attached hydrogens (tertiary/aromatic N) is 5. The number of carbonyl (C=O) groups excluding carboxylic acids is 1. The smallest absolute Gasteiger partial charge is 0.219 e. The van der Waals surface area contributed by atoms with Gasteiger partial charge in [0.05, 0.1) is 17.4 Å². The molecule has 0 amide bonds. The lowest BCUT2D eigenvalue weighted by Crippen LogP contribution is -2.40. The Kier molecular flexibility index (Phi) is 7.21. The van der Waals surface area contributed by atoms with Gasteiger partial charge in [-0.2, -0.15) is 10.2 Å². The predicted octanol–water partition coefficient (Wildman–Crippen LogP) is 4.18. The number of nitrogens with one attached hydrogen (secondary N) is 1. The molecule has 9 nitrogen and oxygen atoms in total.